The molecule has 0 amide bonds. The summed E-state index contributed by atoms with van der Waals surface area (Å²) in [6.45, 7) is 0.368. The number of rotatable bonds is 3. The molecule has 4 saturated carbocycles. The van der Waals surface area contributed by atoms with Gasteiger partial charge < -0.3 is 0 Å². The van der Waals surface area contributed by atoms with Crippen LogP contribution in [0, 0.1) is 29.6 Å². The summed E-state index contributed by atoms with van der Waals surface area (Å²) < 4.78 is 0. The molecule has 0 spiro atoms. The predicted molar refractivity (Wildman–Crippen MR) is 57.7 cm³/mol. The van der Waals surface area contributed by atoms with Gasteiger partial charge in [0.2, 0.25) is 0 Å². The van der Waals surface area contributed by atoms with E-state index >= 15 is 0 Å². The smallest absolute Gasteiger partial charge is 0.151 e. The van der Waals surface area contributed by atoms with Crippen LogP contribution in [0.25, 0.3) is 0 Å². The zero-order chi connectivity index (χ0) is 10.4. The molecule has 0 aliphatic heterocycles. The van der Waals surface area contributed by atoms with Crippen LogP contribution in [0.1, 0.15) is 32.1 Å². The van der Waals surface area contributed by atoms with Crippen LogP contribution >= 0.6 is 0 Å². The van der Waals surface area contributed by atoms with E-state index in [0.717, 1.165) is 11.8 Å². The molecule has 3 heteroatoms. The summed E-state index contributed by atoms with van der Waals surface area (Å²) in [5.74, 6) is 9.25. The second kappa shape index (κ2) is 3.56. The quantitative estimate of drug-likeness (QED) is 0.539. The van der Waals surface area contributed by atoms with E-state index in [2.05, 4.69) is 5.43 Å². The average molecular weight is 208 g/mol. The highest BCUT2D eigenvalue weighted by molar-refractivity contribution is 5.83. The SMILES string of the molecule is NNCC(=O)C1C2CC3CC(C2)CC1C3. The molecule has 0 unspecified atom stereocenters. The fourth-order valence-electron chi connectivity index (χ4n) is 4.67. The van der Waals surface area contributed by atoms with Gasteiger partial charge in [-0.25, -0.2) is 0 Å². The molecular weight excluding hydrogens is 188 g/mol. The first-order valence-electron chi connectivity index (χ1n) is 6.24. The molecule has 0 saturated heterocycles. The third-order valence-corrected chi connectivity index (χ3v) is 4.87. The Morgan fingerprint density at radius 2 is 1.60 bits per heavy atom. The van der Waals surface area contributed by atoms with Crippen LogP contribution in [0.2, 0.25) is 0 Å². The molecule has 15 heavy (non-hydrogen) atoms. The second-order valence-electron chi connectivity index (χ2n) is 5.80. The largest absolute Gasteiger partial charge is 0.298 e. The fraction of sp³-hybridized carbons (Fsp3) is 0.917. The van der Waals surface area contributed by atoms with E-state index in [1.54, 1.807) is 0 Å². The van der Waals surface area contributed by atoms with Gasteiger partial charge >= 0.3 is 0 Å². The van der Waals surface area contributed by atoms with E-state index < -0.39 is 0 Å². The van der Waals surface area contributed by atoms with Gasteiger partial charge in [0.15, 0.2) is 5.78 Å². The van der Waals surface area contributed by atoms with Crippen molar-refractivity contribution >= 4 is 5.78 Å². The minimum Gasteiger partial charge on any atom is -0.298 e. The van der Waals surface area contributed by atoms with Crippen LogP contribution < -0.4 is 11.3 Å². The molecule has 0 aromatic rings. The monoisotopic (exact) mass is 208 g/mol. The van der Waals surface area contributed by atoms with Crippen molar-refractivity contribution < 1.29 is 4.79 Å². The first kappa shape index (κ1) is 9.79. The van der Waals surface area contributed by atoms with Crippen molar-refractivity contribution in [2.45, 2.75) is 32.1 Å². The Hall–Kier alpha value is -0.410. The van der Waals surface area contributed by atoms with Crippen molar-refractivity contribution in [2.24, 2.45) is 35.4 Å². The lowest BCUT2D eigenvalue weighted by Crippen LogP contribution is -2.50. The van der Waals surface area contributed by atoms with Gasteiger partial charge in [-0.15, -0.1) is 0 Å². The molecule has 0 atom stereocenters. The second-order valence-corrected chi connectivity index (χ2v) is 5.80. The van der Waals surface area contributed by atoms with Crippen LogP contribution in [-0.4, -0.2) is 12.3 Å². The Kier molecular flexibility index (Phi) is 2.33. The molecular formula is C12H20N2O. The number of ketones is 1. The summed E-state index contributed by atoms with van der Waals surface area (Å²) in [4.78, 5) is 12.0. The lowest BCUT2D eigenvalue weighted by molar-refractivity contribution is -0.134. The van der Waals surface area contributed by atoms with Gasteiger partial charge in [-0.1, -0.05) is 0 Å². The van der Waals surface area contributed by atoms with Gasteiger partial charge in [0.05, 0.1) is 6.54 Å². The first-order chi connectivity index (χ1) is 7.28. The molecule has 4 rings (SSSR count). The average Bonchev–Trinajstić information content (AvgIpc) is 2.15. The standard InChI is InChI=1S/C12H20N2O/c13-14-6-11(15)12-9-2-7-1-8(4-9)5-10(12)3-7/h7-10,12,14H,1-6,13H2. The third-order valence-electron chi connectivity index (χ3n) is 4.87. The normalized spacial score (nSPS) is 47.1. The fourth-order valence-corrected chi connectivity index (χ4v) is 4.67. The van der Waals surface area contributed by atoms with E-state index in [1.165, 1.54) is 32.1 Å². The molecule has 0 heterocycles. The number of nitrogens with two attached hydrogens (primary N) is 1. The number of Topliss-reactive ketones (excluding diaryl/α,β-unsaturated/α-hetero) is 1. The van der Waals surface area contributed by atoms with E-state index in [1.807, 2.05) is 0 Å². The Morgan fingerprint density at radius 1 is 1.07 bits per heavy atom. The number of hydrogen-bond donors (Lipinski definition) is 2. The van der Waals surface area contributed by atoms with Crippen molar-refractivity contribution in [1.82, 2.24) is 5.43 Å². The maximum atomic E-state index is 12.0. The van der Waals surface area contributed by atoms with Gasteiger partial charge in [-0.05, 0) is 55.8 Å². The molecule has 0 aromatic heterocycles. The van der Waals surface area contributed by atoms with E-state index in [0.29, 0.717) is 30.1 Å². The summed E-state index contributed by atoms with van der Waals surface area (Å²) >= 11 is 0. The summed E-state index contributed by atoms with van der Waals surface area (Å²) in [6, 6.07) is 0. The summed E-state index contributed by atoms with van der Waals surface area (Å²) in [6.07, 6.45) is 6.70. The molecule has 4 bridgehead atoms. The lowest BCUT2D eigenvalue weighted by Gasteiger charge is -2.53. The molecule has 0 radical (unpaired) electrons. The zero-order valence-corrected chi connectivity index (χ0v) is 9.11. The highest BCUT2D eigenvalue weighted by Crippen LogP contribution is 2.56. The van der Waals surface area contributed by atoms with Gasteiger partial charge in [0.1, 0.15) is 0 Å². The molecule has 4 fully saturated rings. The Labute approximate surface area is 90.8 Å². The van der Waals surface area contributed by atoms with Crippen LogP contribution in [0.5, 0.6) is 0 Å². The van der Waals surface area contributed by atoms with E-state index in [4.69, 9.17) is 5.84 Å². The van der Waals surface area contributed by atoms with Crippen molar-refractivity contribution in [3.05, 3.63) is 0 Å². The lowest BCUT2D eigenvalue weighted by atomic mass is 9.51. The Morgan fingerprint density at radius 3 is 2.07 bits per heavy atom. The van der Waals surface area contributed by atoms with Crippen LogP contribution in [0.15, 0.2) is 0 Å². The molecule has 84 valence electrons. The highest BCUT2D eigenvalue weighted by Gasteiger charge is 2.50. The minimum absolute atomic E-state index is 0.342. The summed E-state index contributed by atoms with van der Waals surface area (Å²) in [5, 5.41) is 0. The van der Waals surface area contributed by atoms with E-state index in [9.17, 15) is 4.79 Å². The highest BCUT2D eigenvalue weighted by atomic mass is 16.1. The van der Waals surface area contributed by atoms with Crippen LogP contribution in [0.4, 0.5) is 0 Å². The van der Waals surface area contributed by atoms with E-state index in [-0.39, 0.29) is 0 Å². The molecule has 4 aliphatic carbocycles. The minimum atomic E-state index is 0.342. The number of carbonyl (C=O) groups is 1. The molecule has 3 nitrogen and oxygen atoms in total. The summed E-state index contributed by atoms with van der Waals surface area (Å²) in [5.41, 5.74) is 2.53. The predicted octanol–water partition coefficient (Wildman–Crippen LogP) is 1.09. The Balaban J connectivity index is 1.77. The zero-order valence-electron chi connectivity index (χ0n) is 9.11. The number of nitrogens with one attached hydrogen (secondary N) is 1. The molecule has 4 aliphatic rings. The van der Waals surface area contributed by atoms with Crippen molar-refractivity contribution in [2.75, 3.05) is 6.54 Å². The van der Waals surface area contributed by atoms with Crippen LogP contribution in [-0.2, 0) is 4.79 Å². The third kappa shape index (κ3) is 1.53. The van der Waals surface area contributed by atoms with Crippen molar-refractivity contribution in [1.29, 1.82) is 0 Å². The first-order valence-corrected chi connectivity index (χ1v) is 6.24. The number of hydrazine groups is 1. The van der Waals surface area contributed by atoms with Crippen molar-refractivity contribution in [3.63, 3.8) is 0 Å². The van der Waals surface area contributed by atoms with Gasteiger partial charge in [0.25, 0.3) is 0 Å². The number of hydrogen-bond acceptors (Lipinski definition) is 3. The Bertz CT molecular complexity index is 249. The maximum Gasteiger partial charge on any atom is 0.151 e. The molecule has 3 N–H and O–H groups in total. The summed E-state index contributed by atoms with van der Waals surface area (Å²) in [7, 11) is 0. The van der Waals surface area contributed by atoms with Crippen LogP contribution in [0.3, 0.4) is 0 Å². The van der Waals surface area contributed by atoms with Crippen molar-refractivity contribution in [3.8, 4) is 0 Å². The molecule has 0 aromatic carbocycles. The van der Waals surface area contributed by atoms with Gasteiger partial charge in [-0.2, -0.15) is 0 Å². The van der Waals surface area contributed by atoms with Gasteiger partial charge in [0, 0.05) is 5.92 Å². The maximum absolute atomic E-state index is 12.0. The topological polar surface area (TPSA) is 55.1 Å². The van der Waals surface area contributed by atoms with Gasteiger partial charge in [-0.3, -0.25) is 16.1 Å². The number of carbonyl (C=O) groups excluding carboxylic acids is 1.